The minimum Gasteiger partial charge on any atom is -0.507 e. The normalized spacial score (nSPS) is 14.1. The Morgan fingerprint density at radius 2 is 0.718 bits per heavy atom. The molecule has 0 fully saturated rings. The molecule has 1 aliphatic carbocycles. The molecule has 8 aromatic carbocycles. The fourth-order valence-electron chi connectivity index (χ4n) is 7.49. The van der Waals surface area contributed by atoms with Gasteiger partial charge in [0.05, 0.1) is 21.5 Å². The highest BCUT2D eigenvalue weighted by atomic mass is 16.5. The Morgan fingerprint density at radius 3 is 1.08 bits per heavy atom. The Labute approximate surface area is 214 Å². The summed E-state index contributed by atoms with van der Waals surface area (Å²) in [6.07, 6.45) is -0.745. The smallest absolute Gasteiger partial charge is 0.201 e. The van der Waals surface area contributed by atoms with Crippen LogP contribution in [0.25, 0.3) is 75.4 Å². The number of hydrogen-bond donors (Lipinski definition) is 6. The van der Waals surface area contributed by atoms with Crippen molar-refractivity contribution in [1.82, 2.24) is 0 Å². The summed E-state index contributed by atoms with van der Waals surface area (Å²) in [5, 5.41) is 68.6. The van der Waals surface area contributed by atoms with Crippen LogP contribution in [0.15, 0.2) is 33.9 Å². The second-order valence-corrected chi connectivity index (χ2v) is 10.3. The van der Waals surface area contributed by atoms with Crippen molar-refractivity contribution in [2.45, 2.75) is 6.10 Å². The van der Waals surface area contributed by atoms with E-state index in [0.717, 1.165) is 12.1 Å². The van der Waals surface area contributed by atoms with Gasteiger partial charge < -0.3 is 35.4 Å². The molecule has 188 valence electrons. The van der Waals surface area contributed by atoms with Crippen LogP contribution >= 0.6 is 0 Å². The summed E-state index contributed by atoms with van der Waals surface area (Å²) in [7, 11) is 1.46. The van der Waals surface area contributed by atoms with Crippen LogP contribution in [-0.2, 0) is 4.74 Å². The summed E-state index contributed by atoms with van der Waals surface area (Å²) in [4.78, 5) is 27.9. The number of aromatic hydroxyl groups is 6. The molecule has 0 saturated carbocycles. The Bertz CT molecular complexity index is 2410. The first-order chi connectivity index (χ1) is 18.7. The summed E-state index contributed by atoms with van der Waals surface area (Å²) in [6.45, 7) is 0. The van der Waals surface area contributed by atoms with Crippen molar-refractivity contribution in [1.29, 1.82) is 0 Å². The molecule has 0 heterocycles. The highest BCUT2D eigenvalue weighted by Gasteiger charge is 2.38. The molecular formula is C30H14O9. The van der Waals surface area contributed by atoms with Crippen LogP contribution in [0.3, 0.4) is 0 Å². The second kappa shape index (κ2) is 5.90. The molecule has 39 heavy (non-hydrogen) atoms. The average Bonchev–Trinajstić information content (AvgIpc) is 3.18. The highest BCUT2D eigenvalue weighted by molar-refractivity contribution is 6.51. The summed E-state index contributed by atoms with van der Waals surface area (Å²) in [5.74, 6) is -2.65. The van der Waals surface area contributed by atoms with Gasteiger partial charge in [-0.1, -0.05) is 0 Å². The lowest BCUT2D eigenvalue weighted by Crippen LogP contribution is -2.09. The van der Waals surface area contributed by atoms with Crippen molar-refractivity contribution >= 4 is 75.4 Å². The molecule has 9 nitrogen and oxygen atoms in total. The molecule has 0 radical (unpaired) electrons. The Balaban J connectivity index is 1.89. The lowest BCUT2D eigenvalue weighted by Gasteiger charge is -2.23. The van der Waals surface area contributed by atoms with Gasteiger partial charge in [-0.05, 0) is 34.0 Å². The van der Waals surface area contributed by atoms with E-state index in [4.69, 9.17) is 4.74 Å². The Hall–Kier alpha value is -5.28. The summed E-state index contributed by atoms with van der Waals surface area (Å²) in [5.41, 5.74) is -0.314. The fourth-order valence-corrected chi connectivity index (χ4v) is 7.49. The zero-order valence-electron chi connectivity index (χ0n) is 19.8. The van der Waals surface area contributed by atoms with Gasteiger partial charge in [-0.3, -0.25) is 9.59 Å². The molecule has 6 N–H and O–H groups in total. The first-order valence-electron chi connectivity index (χ1n) is 12.0. The second-order valence-electron chi connectivity index (χ2n) is 10.3. The predicted molar refractivity (Wildman–Crippen MR) is 145 cm³/mol. The van der Waals surface area contributed by atoms with Crippen molar-refractivity contribution in [2.75, 3.05) is 7.11 Å². The molecule has 1 aliphatic rings. The number of rotatable bonds is 1. The Morgan fingerprint density at radius 1 is 0.436 bits per heavy atom. The minimum atomic E-state index is -0.745. The number of methoxy groups -OCH3 is 1. The standard InChI is InChI=1S/C30H14O9/c1-39-30-6-2-8(31)18-22-14(6)15-7(30)3-9(32)19-23(15)27-25-17(11(34)5-13(36)21(25)29(19)38)16-10(33)4-12(35)20(28(18)37)24(16)26(22)27/h2-5,30-36H,1H3. The van der Waals surface area contributed by atoms with Crippen LogP contribution in [0.5, 0.6) is 34.5 Å². The number of phenols is 6. The number of ether oxygens (including phenoxy) is 1. The third kappa shape index (κ3) is 1.86. The van der Waals surface area contributed by atoms with E-state index in [-0.39, 0.29) is 54.6 Å². The molecule has 0 saturated heterocycles. The number of fused-ring (bicyclic) bond motifs is 1. The topological polar surface area (TPSA) is 165 Å². The quantitative estimate of drug-likeness (QED) is 0.135. The van der Waals surface area contributed by atoms with Crippen LogP contribution in [0.1, 0.15) is 17.2 Å². The fraction of sp³-hybridized carbons (Fsp3) is 0.0667. The summed E-state index contributed by atoms with van der Waals surface area (Å²) < 4.78 is 5.77. The van der Waals surface area contributed by atoms with E-state index in [2.05, 4.69) is 0 Å². The van der Waals surface area contributed by atoms with E-state index in [1.807, 2.05) is 0 Å². The molecule has 0 aromatic heterocycles. The molecule has 0 aliphatic heterocycles. The number of phenolic OH excluding ortho intramolecular Hbond substituents is 6. The van der Waals surface area contributed by atoms with Crippen molar-refractivity contribution in [3.05, 3.63) is 55.8 Å². The van der Waals surface area contributed by atoms with Crippen molar-refractivity contribution < 1.29 is 35.4 Å². The van der Waals surface area contributed by atoms with Crippen molar-refractivity contribution in [2.24, 2.45) is 0 Å². The summed E-state index contributed by atoms with van der Waals surface area (Å²) in [6, 6.07) is 4.79. The first-order valence-corrected chi connectivity index (χ1v) is 12.0. The summed E-state index contributed by atoms with van der Waals surface area (Å²) >= 11 is 0. The lowest BCUT2D eigenvalue weighted by atomic mass is 9.79. The molecular weight excluding hydrogens is 504 g/mol. The van der Waals surface area contributed by atoms with E-state index < -0.39 is 40.0 Å². The van der Waals surface area contributed by atoms with Gasteiger partial charge in [0, 0.05) is 62.3 Å². The van der Waals surface area contributed by atoms with Gasteiger partial charge in [-0.2, -0.15) is 0 Å². The lowest BCUT2D eigenvalue weighted by molar-refractivity contribution is 0.140. The molecule has 9 rings (SSSR count). The molecule has 0 unspecified atom stereocenters. The maximum absolute atomic E-state index is 14.0. The van der Waals surface area contributed by atoms with Gasteiger partial charge in [-0.25, -0.2) is 0 Å². The molecule has 0 atom stereocenters. The van der Waals surface area contributed by atoms with Crippen LogP contribution in [-0.4, -0.2) is 37.7 Å². The molecule has 0 spiro atoms. The molecule has 8 aromatic rings. The first kappa shape index (κ1) is 20.7. The molecule has 9 heteroatoms. The van der Waals surface area contributed by atoms with E-state index in [1.54, 1.807) is 0 Å². The minimum absolute atomic E-state index is 0.00718. The zero-order chi connectivity index (χ0) is 27.0. The van der Waals surface area contributed by atoms with Gasteiger partial charge in [0.2, 0.25) is 10.9 Å². The van der Waals surface area contributed by atoms with Crippen LogP contribution in [0, 0.1) is 0 Å². The van der Waals surface area contributed by atoms with E-state index >= 15 is 0 Å². The van der Waals surface area contributed by atoms with Gasteiger partial charge in [0.15, 0.2) is 0 Å². The maximum Gasteiger partial charge on any atom is 0.201 e. The van der Waals surface area contributed by atoms with Gasteiger partial charge in [-0.15, -0.1) is 0 Å². The maximum atomic E-state index is 14.0. The number of benzene rings is 8. The largest absolute Gasteiger partial charge is 0.507 e. The van der Waals surface area contributed by atoms with E-state index in [1.165, 1.54) is 19.2 Å². The van der Waals surface area contributed by atoms with Gasteiger partial charge >= 0.3 is 0 Å². The van der Waals surface area contributed by atoms with Gasteiger partial charge in [0.1, 0.15) is 40.6 Å². The predicted octanol–water partition coefficient (Wildman–Crippen LogP) is 4.51. The monoisotopic (exact) mass is 518 g/mol. The van der Waals surface area contributed by atoms with Gasteiger partial charge in [0.25, 0.3) is 0 Å². The number of hydrogen-bond acceptors (Lipinski definition) is 9. The van der Waals surface area contributed by atoms with Crippen LogP contribution < -0.4 is 10.9 Å². The van der Waals surface area contributed by atoms with Crippen molar-refractivity contribution in [3.63, 3.8) is 0 Å². The highest BCUT2D eigenvalue weighted by Crippen LogP contribution is 2.60. The van der Waals surface area contributed by atoms with E-state index in [0.29, 0.717) is 43.4 Å². The molecule has 0 amide bonds. The van der Waals surface area contributed by atoms with Crippen LogP contribution in [0.2, 0.25) is 0 Å². The van der Waals surface area contributed by atoms with Crippen LogP contribution in [0.4, 0.5) is 0 Å². The SMILES string of the molecule is COC1c2cc(O)c3c(=O)c4c(O)cc(O)c5c6c(O)cc(O)c7c(=O)c8c(O)cc1c1c2c3c(c45)c(c76)c81. The Kier molecular flexibility index (Phi) is 3.14. The average molecular weight is 518 g/mol. The van der Waals surface area contributed by atoms with E-state index in [9.17, 15) is 40.2 Å². The van der Waals surface area contributed by atoms with Crippen molar-refractivity contribution in [3.8, 4) is 34.5 Å². The molecule has 0 bridgehead atoms. The zero-order valence-corrected chi connectivity index (χ0v) is 19.8. The third-order valence-corrected chi connectivity index (χ3v) is 8.70. The third-order valence-electron chi connectivity index (χ3n) is 8.70.